The molecule has 0 aromatic carbocycles. The van der Waals surface area contributed by atoms with E-state index in [9.17, 15) is 0 Å². The van der Waals surface area contributed by atoms with Crippen LogP contribution in [0, 0.1) is 0 Å². The van der Waals surface area contributed by atoms with Gasteiger partial charge in [0.2, 0.25) is 0 Å². The third-order valence-electron chi connectivity index (χ3n) is 5.02. The summed E-state index contributed by atoms with van der Waals surface area (Å²) in [6.07, 6.45) is 16.9. The van der Waals surface area contributed by atoms with E-state index in [1.165, 1.54) is 77.0 Å². The molecule has 2 nitrogen and oxygen atoms in total. The summed E-state index contributed by atoms with van der Waals surface area (Å²) in [4.78, 5) is 0. The second-order valence-electron chi connectivity index (χ2n) is 6.78. The van der Waals surface area contributed by atoms with Crippen molar-refractivity contribution in [1.29, 1.82) is 0 Å². The minimum atomic E-state index is 0.189. The van der Waals surface area contributed by atoms with Crippen LogP contribution in [0.5, 0.6) is 0 Å². The van der Waals surface area contributed by atoms with Crippen LogP contribution >= 0.6 is 0 Å². The average Bonchev–Trinajstić information content (AvgIpc) is 3.12. The Hall–Kier alpha value is -0.0800. The molecule has 0 unspecified atom stereocenters. The summed E-state index contributed by atoms with van der Waals surface area (Å²) in [7, 11) is 0. The Balaban J connectivity index is 1.59. The smallest absolute Gasteiger partial charge is 0.0810 e. The van der Waals surface area contributed by atoms with E-state index in [-0.39, 0.29) is 5.60 Å². The van der Waals surface area contributed by atoms with Gasteiger partial charge in [0.25, 0.3) is 0 Å². The summed E-state index contributed by atoms with van der Waals surface area (Å²) >= 11 is 0. The van der Waals surface area contributed by atoms with Crippen molar-refractivity contribution in [2.75, 3.05) is 6.54 Å². The average molecular weight is 251 g/mol. The zero-order chi connectivity index (χ0) is 12.3. The molecule has 0 aromatic heterocycles. The number of ether oxygens (including phenoxy) is 1. The molecule has 18 heavy (non-hydrogen) atoms. The molecule has 3 rings (SSSR count). The molecule has 0 aliphatic heterocycles. The maximum Gasteiger partial charge on any atom is 0.0810 e. The first-order valence-electron chi connectivity index (χ1n) is 8.28. The molecular weight excluding hydrogens is 222 g/mol. The lowest BCUT2D eigenvalue weighted by Gasteiger charge is -2.36. The maximum absolute atomic E-state index is 6.64. The van der Waals surface area contributed by atoms with Gasteiger partial charge in [0, 0.05) is 12.6 Å². The standard InChI is InChI=1S/C16H29NO/c1-2-6-12-16(11-5-1,13-17-14-9-10-14)18-15-7-3-4-8-15/h14-15,17H,1-13H2. The van der Waals surface area contributed by atoms with Crippen molar-refractivity contribution < 1.29 is 4.74 Å². The third-order valence-corrected chi connectivity index (χ3v) is 5.02. The summed E-state index contributed by atoms with van der Waals surface area (Å²) < 4.78 is 6.64. The molecule has 3 aliphatic carbocycles. The molecule has 0 heterocycles. The zero-order valence-corrected chi connectivity index (χ0v) is 11.8. The van der Waals surface area contributed by atoms with E-state index >= 15 is 0 Å². The van der Waals surface area contributed by atoms with Crippen molar-refractivity contribution in [3.63, 3.8) is 0 Å². The first kappa shape index (κ1) is 12.9. The number of hydrogen-bond donors (Lipinski definition) is 1. The largest absolute Gasteiger partial charge is 0.370 e. The Kier molecular flexibility index (Phi) is 4.25. The maximum atomic E-state index is 6.64. The fourth-order valence-electron chi connectivity index (χ4n) is 3.69. The van der Waals surface area contributed by atoms with E-state index in [1.54, 1.807) is 0 Å². The van der Waals surface area contributed by atoms with Crippen molar-refractivity contribution in [3.8, 4) is 0 Å². The quantitative estimate of drug-likeness (QED) is 0.751. The van der Waals surface area contributed by atoms with Crippen molar-refractivity contribution in [2.24, 2.45) is 0 Å². The Morgan fingerprint density at radius 3 is 2.11 bits per heavy atom. The lowest BCUT2D eigenvalue weighted by atomic mass is 9.93. The number of hydrogen-bond acceptors (Lipinski definition) is 2. The molecular formula is C16H29NO. The summed E-state index contributed by atoms with van der Waals surface area (Å²) in [6, 6.07) is 0.817. The van der Waals surface area contributed by atoms with Gasteiger partial charge >= 0.3 is 0 Å². The van der Waals surface area contributed by atoms with Gasteiger partial charge in [0.15, 0.2) is 0 Å². The van der Waals surface area contributed by atoms with Gasteiger partial charge in [0.1, 0.15) is 0 Å². The highest BCUT2D eigenvalue weighted by molar-refractivity contribution is 4.91. The minimum absolute atomic E-state index is 0.189. The number of rotatable bonds is 5. The predicted molar refractivity (Wildman–Crippen MR) is 74.8 cm³/mol. The van der Waals surface area contributed by atoms with Crippen LogP contribution in [0.3, 0.4) is 0 Å². The van der Waals surface area contributed by atoms with Gasteiger partial charge in [-0.15, -0.1) is 0 Å². The SMILES string of the molecule is C1CCCC(CNC2CC2)(OC2CCCC2)CC1. The second kappa shape index (κ2) is 5.92. The Morgan fingerprint density at radius 1 is 0.833 bits per heavy atom. The molecule has 0 spiro atoms. The highest BCUT2D eigenvalue weighted by atomic mass is 16.5. The van der Waals surface area contributed by atoms with Crippen molar-refractivity contribution >= 4 is 0 Å². The fraction of sp³-hybridized carbons (Fsp3) is 1.00. The van der Waals surface area contributed by atoms with E-state index in [4.69, 9.17) is 4.74 Å². The summed E-state index contributed by atoms with van der Waals surface area (Å²) in [5.74, 6) is 0. The molecule has 0 amide bonds. The highest BCUT2D eigenvalue weighted by Crippen LogP contribution is 2.35. The first-order chi connectivity index (χ1) is 8.86. The normalized spacial score (nSPS) is 29.3. The molecule has 3 saturated carbocycles. The molecule has 3 fully saturated rings. The monoisotopic (exact) mass is 251 g/mol. The summed E-state index contributed by atoms with van der Waals surface area (Å²) in [6.45, 7) is 1.12. The van der Waals surface area contributed by atoms with Crippen LogP contribution in [0.15, 0.2) is 0 Å². The predicted octanol–water partition coefficient (Wildman–Crippen LogP) is 3.79. The Morgan fingerprint density at radius 2 is 1.50 bits per heavy atom. The molecule has 0 saturated heterocycles. The van der Waals surface area contributed by atoms with Crippen LogP contribution in [-0.4, -0.2) is 24.3 Å². The van der Waals surface area contributed by atoms with Crippen molar-refractivity contribution in [1.82, 2.24) is 5.32 Å². The van der Waals surface area contributed by atoms with Gasteiger partial charge in [-0.3, -0.25) is 0 Å². The molecule has 104 valence electrons. The van der Waals surface area contributed by atoms with E-state index in [0.29, 0.717) is 6.10 Å². The second-order valence-corrected chi connectivity index (χ2v) is 6.78. The third kappa shape index (κ3) is 3.48. The van der Waals surface area contributed by atoms with Crippen LogP contribution in [0.1, 0.15) is 77.0 Å². The fourth-order valence-corrected chi connectivity index (χ4v) is 3.69. The van der Waals surface area contributed by atoms with Crippen LogP contribution < -0.4 is 5.32 Å². The van der Waals surface area contributed by atoms with E-state index in [0.717, 1.165) is 12.6 Å². The van der Waals surface area contributed by atoms with Gasteiger partial charge in [-0.1, -0.05) is 38.5 Å². The topological polar surface area (TPSA) is 21.3 Å². The van der Waals surface area contributed by atoms with Gasteiger partial charge in [-0.25, -0.2) is 0 Å². The van der Waals surface area contributed by atoms with Crippen LogP contribution in [-0.2, 0) is 4.74 Å². The first-order valence-corrected chi connectivity index (χ1v) is 8.28. The summed E-state index contributed by atoms with van der Waals surface area (Å²) in [5, 5.41) is 3.74. The zero-order valence-electron chi connectivity index (χ0n) is 11.8. The van der Waals surface area contributed by atoms with Crippen molar-refractivity contribution in [3.05, 3.63) is 0 Å². The van der Waals surface area contributed by atoms with E-state index in [1.807, 2.05) is 0 Å². The molecule has 0 bridgehead atoms. The van der Waals surface area contributed by atoms with Gasteiger partial charge in [0.05, 0.1) is 11.7 Å². The van der Waals surface area contributed by atoms with E-state index < -0.39 is 0 Å². The lowest BCUT2D eigenvalue weighted by Crippen LogP contribution is -2.45. The lowest BCUT2D eigenvalue weighted by molar-refractivity contribution is -0.0984. The Bertz CT molecular complexity index is 248. The number of nitrogens with one attached hydrogen (secondary N) is 1. The minimum Gasteiger partial charge on any atom is -0.370 e. The van der Waals surface area contributed by atoms with Crippen LogP contribution in [0.4, 0.5) is 0 Å². The molecule has 0 atom stereocenters. The molecule has 3 aliphatic rings. The van der Waals surface area contributed by atoms with E-state index in [2.05, 4.69) is 5.32 Å². The highest BCUT2D eigenvalue weighted by Gasteiger charge is 2.36. The molecule has 1 N–H and O–H groups in total. The Labute approximate surface area is 112 Å². The van der Waals surface area contributed by atoms with Crippen molar-refractivity contribution in [2.45, 2.75) is 94.8 Å². The van der Waals surface area contributed by atoms with Gasteiger partial charge in [-0.2, -0.15) is 0 Å². The molecule has 2 heteroatoms. The van der Waals surface area contributed by atoms with Crippen LogP contribution in [0.2, 0.25) is 0 Å². The van der Waals surface area contributed by atoms with Gasteiger partial charge in [-0.05, 0) is 38.5 Å². The molecule has 0 aromatic rings. The molecule has 0 radical (unpaired) electrons. The van der Waals surface area contributed by atoms with Crippen LogP contribution in [0.25, 0.3) is 0 Å². The summed E-state index contributed by atoms with van der Waals surface area (Å²) in [5.41, 5.74) is 0.189. The van der Waals surface area contributed by atoms with Gasteiger partial charge < -0.3 is 10.1 Å².